The van der Waals surface area contributed by atoms with Crippen molar-refractivity contribution in [2.75, 3.05) is 26.7 Å². The molecular formula is C14H19NO3. The van der Waals surface area contributed by atoms with E-state index in [1.54, 1.807) is 7.11 Å². The summed E-state index contributed by atoms with van der Waals surface area (Å²) in [7, 11) is 1.66. The number of rotatable bonds is 5. The first-order valence-corrected chi connectivity index (χ1v) is 6.27. The highest BCUT2D eigenvalue weighted by atomic mass is 16.5. The van der Waals surface area contributed by atoms with Crippen molar-refractivity contribution in [3.63, 3.8) is 0 Å². The van der Waals surface area contributed by atoms with Crippen LogP contribution in [0.15, 0.2) is 24.3 Å². The van der Waals surface area contributed by atoms with Crippen molar-refractivity contribution < 1.29 is 14.6 Å². The van der Waals surface area contributed by atoms with Gasteiger partial charge in [0.05, 0.1) is 13.5 Å². The SMILES string of the molecule is COc1ccc([C@H]2CCN(CCC(=O)O)C2)cc1. The third kappa shape index (κ3) is 3.23. The highest BCUT2D eigenvalue weighted by Crippen LogP contribution is 2.28. The Bertz CT molecular complexity index is 402. The lowest BCUT2D eigenvalue weighted by molar-refractivity contribution is -0.137. The molecule has 18 heavy (non-hydrogen) atoms. The number of aliphatic carboxylic acids is 1. The molecule has 0 bridgehead atoms. The zero-order chi connectivity index (χ0) is 13.0. The molecule has 98 valence electrons. The average Bonchev–Trinajstić information content (AvgIpc) is 2.85. The Morgan fingerprint density at radius 2 is 2.17 bits per heavy atom. The van der Waals surface area contributed by atoms with Crippen LogP contribution in [0, 0.1) is 0 Å². The van der Waals surface area contributed by atoms with Crippen LogP contribution in [-0.4, -0.2) is 42.7 Å². The number of ether oxygens (including phenoxy) is 1. The molecule has 2 rings (SSSR count). The largest absolute Gasteiger partial charge is 0.497 e. The first-order chi connectivity index (χ1) is 8.69. The molecule has 1 heterocycles. The molecule has 0 saturated carbocycles. The van der Waals surface area contributed by atoms with E-state index in [-0.39, 0.29) is 6.42 Å². The van der Waals surface area contributed by atoms with Crippen LogP contribution in [0.3, 0.4) is 0 Å². The van der Waals surface area contributed by atoms with Crippen LogP contribution in [0.2, 0.25) is 0 Å². The fraction of sp³-hybridized carbons (Fsp3) is 0.500. The second-order valence-electron chi connectivity index (χ2n) is 4.70. The second kappa shape index (κ2) is 5.87. The fourth-order valence-corrected chi connectivity index (χ4v) is 2.44. The molecule has 0 unspecified atom stereocenters. The van der Waals surface area contributed by atoms with Crippen molar-refractivity contribution in [1.82, 2.24) is 4.90 Å². The van der Waals surface area contributed by atoms with Gasteiger partial charge in [-0.15, -0.1) is 0 Å². The minimum Gasteiger partial charge on any atom is -0.497 e. The van der Waals surface area contributed by atoms with Gasteiger partial charge >= 0.3 is 5.97 Å². The summed E-state index contributed by atoms with van der Waals surface area (Å²) in [5.74, 6) is 0.673. The van der Waals surface area contributed by atoms with E-state index in [9.17, 15) is 4.79 Å². The summed E-state index contributed by atoms with van der Waals surface area (Å²) < 4.78 is 5.14. The first kappa shape index (κ1) is 12.9. The van der Waals surface area contributed by atoms with Gasteiger partial charge in [-0.3, -0.25) is 4.79 Å². The Morgan fingerprint density at radius 3 is 2.78 bits per heavy atom. The van der Waals surface area contributed by atoms with Gasteiger partial charge in [0.2, 0.25) is 0 Å². The van der Waals surface area contributed by atoms with E-state index in [0.29, 0.717) is 12.5 Å². The molecule has 1 N–H and O–H groups in total. The standard InChI is InChI=1S/C14H19NO3/c1-18-13-4-2-11(3-5-13)12-6-8-15(10-12)9-7-14(16)17/h2-5,12H,6-10H2,1H3,(H,16,17)/t12-/m0/s1. The molecule has 1 aliphatic rings. The Kier molecular flexibility index (Phi) is 4.20. The smallest absolute Gasteiger partial charge is 0.304 e. The Balaban J connectivity index is 1.89. The maximum atomic E-state index is 10.5. The van der Waals surface area contributed by atoms with E-state index >= 15 is 0 Å². The molecule has 0 amide bonds. The van der Waals surface area contributed by atoms with Crippen molar-refractivity contribution in [3.8, 4) is 5.75 Å². The summed E-state index contributed by atoms with van der Waals surface area (Å²) in [5.41, 5.74) is 1.31. The normalized spacial score (nSPS) is 19.9. The average molecular weight is 249 g/mol. The van der Waals surface area contributed by atoms with Crippen molar-refractivity contribution in [2.45, 2.75) is 18.8 Å². The monoisotopic (exact) mass is 249 g/mol. The molecule has 1 saturated heterocycles. The summed E-state index contributed by atoms with van der Waals surface area (Å²) in [6.45, 7) is 2.60. The maximum Gasteiger partial charge on any atom is 0.304 e. The van der Waals surface area contributed by atoms with Gasteiger partial charge in [-0.1, -0.05) is 12.1 Å². The van der Waals surface area contributed by atoms with Crippen molar-refractivity contribution >= 4 is 5.97 Å². The molecule has 1 atom stereocenters. The van der Waals surface area contributed by atoms with E-state index in [1.165, 1.54) is 5.56 Å². The maximum absolute atomic E-state index is 10.5. The molecule has 1 fully saturated rings. The van der Waals surface area contributed by atoms with Gasteiger partial charge in [-0.05, 0) is 36.6 Å². The number of nitrogens with zero attached hydrogens (tertiary/aromatic N) is 1. The van der Waals surface area contributed by atoms with Crippen molar-refractivity contribution in [1.29, 1.82) is 0 Å². The number of carboxylic acids is 1. The Hall–Kier alpha value is -1.55. The van der Waals surface area contributed by atoms with Crippen LogP contribution in [-0.2, 0) is 4.79 Å². The van der Waals surface area contributed by atoms with Gasteiger partial charge < -0.3 is 14.7 Å². The molecule has 4 heteroatoms. The molecule has 0 spiro atoms. The van der Waals surface area contributed by atoms with Crippen LogP contribution in [0.4, 0.5) is 0 Å². The third-order valence-electron chi connectivity index (χ3n) is 3.50. The minimum absolute atomic E-state index is 0.231. The number of benzene rings is 1. The van der Waals surface area contributed by atoms with Gasteiger partial charge in [0, 0.05) is 13.1 Å². The molecule has 1 aliphatic heterocycles. The van der Waals surface area contributed by atoms with Crippen LogP contribution >= 0.6 is 0 Å². The lowest BCUT2D eigenvalue weighted by atomic mass is 9.98. The fourth-order valence-electron chi connectivity index (χ4n) is 2.44. The van der Waals surface area contributed by atoms with Gasteiger partial charge in [0.25, 0.3) is 0 Å². The number of hydrogen-bond acceptors (Lipinski definition) is 3. The second-order valence-corrected chi connectivity index (χ2v) is 4.70. The number of methoxy groups -OCH3 is 1. The number of likely N-dealkylation sites (tertiary alicyclic amines) is 1. The summed E-state index contributed by atoms with van der Waals surface area (Å²) in [5, 5.41) is 8.67. The summed E-state index contributed by atoms with van der Waals surface area (Å²) in [6.07, 6.45) is 1.33. The first-order valence-electron chi connectivity index (χ1n) is 6.27. The highest BCUT2D eigenvalue weighted by molar-refractivity contribution is 5.66. The Morgan fingerprint density at radius 1 is 1.44 bits per heavy atom. The summed E-state index contributed by atoms with van der Waals surface area (Å²) in [6, 6.07) is 8.17. The highest BCUT2D eigenvalue weighted by Gasteiger charge is 2.23. The van der Waals surface area contributed by atoms with Crippen molar-refractivity contribution in [2.24, 2.45) is 0 Å². The predicted molar refractivity (Wildman–Crippen MR) is 69.0 cm³/mol. The van der Waals surface area contributed by atoms with Crippen LogP contribution in [0.25, 0.3) is 0 Å². The Labute approximate surface area is 107 Å². The summed E-state index contributed by atoms with van der Waals surface area (Å²) >= 11 is 0. The molecule has 0 radical (unpaired) electrons. The van der Waals surface area contributed by atoms with E-state index in [0.717, 1.165) is 25.3 Å². The van der Waals surface area contributed by atoms with E-state index in [2.05, 4.69) is 17.0 Å². The zero-order valence-electron chi connectivity index (χ0n) is 10.6. The van der Waals surface area contributed by atoms with Crippen LogP contribution in [0.5, 0.6) is 5.75 Å². The quantitative estimate of drug-likeness (QED) is 0.866. The minimum atomic E-state index is -0.720. The topological polar surface area (TPSA) is 49.8 Å². The number of carboxylic acid groups (broad SMARTS) is 1. The van der Waals surface area contributed by atoms with E-state index in [4.69, 9.17) is 9.84 Å². The zero-order valence-corrected chi connectivity index (χ0v) is 10.6. The molecule has 1 aromatic carbocycles. The van der Waals surface area contributed by atoms with Crippen LogP contribution in [0.1, 0.15) is 24.3 Å². The molecule has 1 aromatic rings. The predicted octanol–water partition coefficient (Wildman–Crippen LogP) is 1.96. The molecule has 0 aliphatic carbocycles. The summed E-state index contributed by atoms with van der Waals surface area (Å²) in [4.78, 5) is 12.8. The van der Waals surface area contributed by atoms with E-state index < -0.39 is 5.97 Å². The molecule has 4 nitrogen and oxygen atoms in total. The van der Waals surface area contributed by atoms with Gasteiger partial charge in [0.1, 0.15) is 5.75 Å². The number of carbonyl (C=O) groups is 1. The van der Waals surface area contributed by atoms with Gasteiger partial charge in [0.15, 0.2) is 0 Å². The van der Waals surface area contributed by atoms with Crippen molar-refractivity contribution in [3.05, 3.63) is 29.8 Å². The van der Waals surface area contributed by atoms with Crippen LogP contribution < -0.4 is 4.74 Å². The lowest BCUT2D eigenvalue weighted by Gasteiger charge is -2.15. The number of hydrogen-bond donors (Lipinski definition) is 1. The third-order valence-corrected chi connectivity index (χ3v) is 3.50. The van der Waals surface area contributed by atoms with Gasteiger partial charge in [-0.2, -0.15) is 0 Å². The van der Waals surface area contributed by atoms with Gasteiger partial charge in [-0.25, -0.2) is 0 Å². The molecular weight excluding hydrogens is 230 g/mol. The lowest BCUT2D eigenvalue weighted by Crippen LogP contribution is -2.23. The van der Waals surface area contributed by atoms with E-state index in [1.807, 2.05) is 12.1 Å². The molecule has 0 aromatic heterocycles.